The van der Waals surface area contributed by atoms with Gasteiger partial charge in [0.1, 0.15) is 11.9 Å². The third kappa shape index (κ3) is 5.70. The molecule has 0 spiro atoms. The second kappa shape index (κ2) is 11.7. The highest BCUT2D eigenvalue weighted by atomic mass is 19.1. The van der Waals surface area contributed by atoms with Gasteiger partial charge < -0.3 is 4.74 Å². The number of hydrogen-bond acceptors (Lipinski definition) is 5. The molecule has 0 amide bonds. The number of carbonyl (C=O) groups excluding carboxylic acids is 1. The zero-order chi connectivity index (χ0) is 22.0. The number of fused-ring (bicyclic) bond motifs is 1. The van der Waals surface area contributed by atoms with Gasteiger partial charge in [-0.15, -0.1) is 0 Å². The van der Waals surface area contributed by atoms with Crippen LogP contribution in [0.3, 0.4) is 0 Å². The van der Waals surface area contributed by atoms with Crippen molar-refractivity contribution >= 4 is 17.0 Å². The van der Waals surface area contributed by atoms with Gasteiger partial charge in [0.25, 0.3) is 5.56 Å². The van der Waals surface area contributed by atoms with Gasteiger partial charge in [-0.3, -0.25) is 9.36 Å². The monoisotopic (exact) mass is 401 g/mol. The van der Waals surface area contributed by atoms with Crippen LogP contribution in [-0.2, 0) is 9.53 Å². The summed E-state index contributed by atoms with van der Waals surface area (Å²) >= 11 is 0. The summed E-state index contributed by atoms with van der Waals surface area (Å²) in [5.41, 5.74) is 1.32. The number of nitrogens with zero attached hydrogens (tertiary/aromatic N) is 3. The molecule has 0 fully saturated rings. The number of ether oxygens (including phenoxy) is 1. The summed E-state index contributed by atoms with van der Waals surface area (Å²) in [6.07, 6.45) is 1.31. The van der Waals surface area contributed by atoms with Gasteiger partial charge in [0.2, 0.25) is 0 Å². The van der Waals surface area contributed by atoms with Crippen molar-refractivity contribution in [3.05, 3.63) is 58.9 Å². The standard InChI is InChI=1S/C18H16FN3O3.2C2H6/c1-3-25-18(24)11(2)22-10-20-15-9-8-14(21-16(15)17(22)23)12-4-6-13(19)7-5-12;2*1-2/h4-11H,3H2,1-2H3;2*1-2H3. The van der Waals surface area contributed by atoms with Crippen LogP contribution < -0.4 is 5.56 Å². The van der Waals surface area contributed by atoms with Gasteiger partial charge in [-0.05, 0) is 50.2 Å². The van der Waals surface area contributed by atoms with Crippen LogP contribution in [0.1, 0.15) is 47.6 Å². The predicted octanol–water partition coefficient (Wildman–Crippen LogP) is 4.77. The van der Waals surface area contributed by atoms with E-state index >= 15 is 0 Å². The van der Waals surface area contributed by atoms with Gasteiger partial charge in [0.05, 0.1) is 24.1 Å². The molecule has 0 bridgehead atoms. The molecule has 0 aliphatic carbocycles. The van der Waals surface area contributed by atoms with Crippen molar-refractivity contribution in [1.29, 1.82) is 0 Å². The van der Waals surface area contributed by atoms with E-state index in [9.17, 15) is 14.0 Å². The van der Waals surface area contributed by atoms with Crippen molar-refractivity contribution in [2.75, 3.05) is 6.61 Å². The smallest absolute Gasteiger partial charge is 0.328 e. The number of rotatable bonds is 4. The maximum absolute atomic E-state index is 13.1. The lowest BCUT2D eigenvalue weighted by Gasteiger charge is -2.13. The van der Waals surface area contributed by atoms with Crippen molar-refractivity contribution in [1.82, 2.24) is 14.5 Å². The summed E-state index contributed by atoms with van der Waals surface area (Å²) in [7, 11) is 0. The molecule has 0 N–H and O–H groups in total. The quantitative estimate of drug-likeness (QED) is 0.589. The molecule has 0 aliphatic heterocycles. The average Bonchev–Trinajstić information content (AvgIpc) is 2.77. The van der Waals surface area contributed by atoms with E-state index in [2.05, 4.69) is 9.97 Å². The first-order valence-corrected chi connectivity index (χ1v) is 9.81. The Kier molecular flexibility index (Phi) is 9.65. The first-order chi connectivity index (χ1) is 14.0. The molecule has 1 aromatic carbocycles. The molecule has 3 rings (SSSR count). The van der Waals surface area contributed by atoms with Crippen molar-refractivity contribution in [3.8, 4) is 11.3 Å². The number of halogens is 1. The topological polar surface area (TPSA) is 74.1 Å². The molecule has 0 saturated carbocycles. The Hall–Kier alpha value is -3.09. The molecule has 0 aliphatic rings. The van der Waals surface area contributed by atoms with E-state index in [1.165, 1.54) is 23.0 Å². The Labute approximate surface area is 170 Å². The van der Waals surface area contributed by atoms with E-state index < -0.39 is 17.6 Å². The minimum atomic E-state index is -0.805. The first-order valence-electron chi connectivity index (χ1n) is 9.81. The third-order valence-electron chi connectivity index (χ3n) is 3.82. The predicted molar refractivity (Wildman–Crippen MR) is 113 cm³/mol. The van der Waals surface area contributed by atoms with E-state index in [0.717, 1.165) is 0 Å². The van der Waals surface area contributed by atoms with Crippen molar-refractivity contribution in [2.24, 2.45) is 0 Å². The fourth-order valence-electron chi connectivity index (χ4n) is 2.45. The normalized spacial score (nSPS) is 10.9. The summed E-state index contributed by atoms with van der Waals surface area (Å²) in [6.45, 7) is 11.5. The van der Waals surface area contributed by atoms with Gasteiger partial charge in [-0.25, -0.2) is 19.2 Å². The summed E-state index contributed by atoms with van der Waals surface area (Å²) in [5, 5.41) is 0. The highest BCUT2D eigenvalue weighted by molar-refractivity contribution is 5.78. The Bertz CT molecular complexity index is 985. The van der Waals surface area contributed by atoms with Gasteiger partial charge in [-0.2, -0.15) is 0 Å². The summed E-state index contributed by atoms with van der Waals surface area (Å²) in [6, 6.07) is 8.39. The van der Waals surface area contributed by atoms with Crippen LogP contribution in [0, 0.1) is 5.82 Å². The number of benzene rings is 1. The lowest BCUT2D eigenvalue weighted by Crippen LogP contribution is -2.30. The lowest BCUT2D eigenvalue weighted by molar-refractivity contribution is -0.146. The number of esters is 1. The van der Waals surface area contributed by atoms with Crippen LogP contribution in [0.4, 0.5) is 4.39 Å². The average molecular weight is 401 g/mol. The minimum absolute atomic E-state index is 0.139. The van der Waals surface area contributed by atoms with Crippen LogP contribution in [0.2, 0.25) is 0 Å². The third-order valence-corrected chi connectivity index (χ3v) is 3.82. The Balaban J connectivity index is 0.000000989. The second-order valence-corrected chi connectivity index (χ2v) is 5.46. The fraction of sp³-hybridized carbons (Fsp3) is 0.364. The van der Waals surface area contributed by atoms with E-state index in [1.807, 2.05) is 27.7 Å². The Morgan fingerprint density at radius 3 is 2.31 bits per heavy atom. The molecule has 1 atom stereocenters. The molecular weight excluding hydrogens is 373 g/mol. The second-order valence-electron chi connectivity index (χ2n) is 5.46. The van der Waals surface area contributed by atoms with E-state index in [-0.39, 0.29) is 17.9 Å². The van der Waals surface area contributed by atoms with Crippen LogP contribution in [0.5, 0.6) is 0 Å². The number of aromatic nitrogens is 3. The molecule has 29 heavy (non-hydrogen) atoms. The van der Waals surface area contributed by atoms with Gasteiger partial charge in [0.15, 0.2) is 5.52 Å². The van der Waals surface area contributed by atoms with Crippen LogP contribution in [0.25, 0.3) is 22.3 Å². The molecule has 1 unspecified atom stereocenters. The summed E-state index contributed by atoms with van der Waals surface area (Å²) in [4.78, 5) is 33.1. The molecule has 3 aromatic rings. The maximum atomic E-state index is 13.1. The van der Waals surface area contributed by atoms with Crippen LogP contribution in [0.15, 0.2) is 47.5 Å². The lowest BCUT2D eigenvalue weighted by atomic mass is 10.1. The maximum Gasteiger partial charge on any atom is 0.328 e. The molecule has 2 aromatic heterocycles. The minimum Gasteiger partial charge on any atom is -0.464 e. The van der Waals surface area contributed by atoms with Crippen molar-refractivity contribution < 1.29 is 13.9 Å². The number of pyridine rings is 1. The SMILES string of the molecule is CC.CC.CCOC(=O)C(C)n1cnc2ccc(-c3ccc(F)cc3)nc2c1=O. The molecule has 6 nitrogen and oxygen atoms in total. The summed E-state index contributed by atoms with van der Waals surface area (Å²) < 4.78 is 19.2. The van der Waals surface area contributed by atoms with E-state index in [1.54, 1.807) is 38.1 Å². The molecule has 0 saturated heterocycles. The van der Waals surface area contributed by atoms with Gasteiger partial charge in [-0.1, -0.05) is 27.7 Å². The highest BCUT2D eigenvalue weighted by Crippen LogP contribution is 2.19. The highest BCUT2D eigenvalue weighted by Gasteiger charge is 2.19. The van der Waals surface area contributed by atoms with E-state index in [4.69, 9.17) is 4.74 Å². The van der Waals surface area contributed by atoms with Crippen LogP contribution >= 0.6 is 0 Å². The zero-order valence-corrected chi connectivity index (χ0v) is 17.8. The fourth-order valence-corrected chi connectivity index (χ4v) is 2.45. The molecular formula is C22H28FN3O3. The number of carbonyl (C=O) groups is 1. The molecule has 2 heterocycles. The van der Waals surface area contributed by atoms with Crippen LogP contribution in [-0.4, -0.2) is 27.1 Å². The largest absolute Gasteiger partial charge is 0.464 e. The molecule has 156 valence electrons. The summed E-state index contributed by atoms with van der Waals surface area (Å²) in [5.74, 6) is -0.864. The Morgan fingerprint density at radius 2 is 1.72 bits per heavy atom. The Morgan fingerprint density at radius 1 is 1.10 bits per heavy atom. The first kappa shape index (κ1) is 23.9. The van der Waals surface area contributed by atoms with Crippen molar-refractivity contribution in [3.63, 3.8) is 0 Å². The van der Waals surface area contributed by atoms with E-state index in [0.29, 0.717) is 16.8 Å². The van der Waals surface area contributed by atoms with Crippen molar-refractivity contribution in [2.45, 2.75) is 47.6 Å². The van der Waals surface area contributed by atoms with Gasteiger partial charge >= 0.3 is 5.97 Å². The number of hydrogen-bond donors (Lipinski definition) is 0. The molecule has 7 heteroatoms. The van der Waals surface area contributed by atoms with Gasteiger partial charge in [0, 0.05) is 5.56 Å². The molecule has 0 radical (unpaired) electrons. The zero-order valence-electron chi connectivity index (χ0n) is 17.8.